The predicted octanol–water partition coefficient (Wildman–Crippen LogP) is 0.842. The zero-order valence-corrected chi connectivity index (χ0v) is 6.59. The first-order valence-electron chi connectivity index (χ1n) is 1.14. The molecule has 0 aliphatic rings. The Labute approximate surface area is 50.6 Å². The number of hydrogen-bond acceptors (Lipinski definition) is 1. The Bertz CT molecular complexity index is 9.61. The zero-order chi connectivity index (χ0) is 4.71. The van der Waals surface area contributed by atoms with Crippen molar-refractivity contribution >= 4 is 13.0 Å². The molecule has 0 unspecified atom stereocenters. The Hall–Kier alpha value is 1.18. The second kappa shape index (κ2) is 19.0. The monoisotopic (exact) mass is 322 g/mol. The molecule has 0 aromatic heterocycles. The van der Waals surface area contributed by atoms with Gasteiger partial charge in [0.1, 0.15) is 0 Å². The van der Waals surface area contributed by atoms with Crippen LogP contribution in [0.1, 0.15) is 6.92 Å². The first kappa shape index (κ1) is 9.49. The molecule has 0 amide bonds. The van der Waals surface area contributed by atoms with E-state index in [0.717, 1.165) is 0 Å². The fourth-order valence-corrected chi connectivity index (χ4v) is 0. The molecule has 0 saturated carbocycles. The molecule has 3 heteroatoms. The van der Waals surface area contributed by atoms with Crippen molar-refractivity contribution in [3.63, 3.8) is 0 Å². The summed E-state index contributed by atoms with van der Waals surface area (Å²) < 4.78 is 0. The van der Waals surface area contributed by atoms with Gasteiger partial charge in [0.15, 0.2) is 0 Å². The molecule has 1 nitrogen and oxygen atoms in total. The SMILES string of the molecule is CCO.[Br][Au]. The molecule has 0 fully saturated rings. The molecule has 38 valence electrons. The quantitative estimate of drug-likeness (QED) is 0.655. The molecule has 0 aliphatic heterocycles. The molecule has 0 spiro atoms. The van der Waals surface area contributed by atoms with Gasteiger partial charge in [-0.15, -0.1) is 0 Å². The molecule has 0 saturated heterocycles. The van der Waals surface area contributed by atoms with Gasteiger partial charge < -0.3 is 5.11 Å². The minimum absolute atomic E-state index is 0.250. The van der Waals surface area contributed by atoms with Crippen LogP contribution in [0.5, 0.6) is 0 Å². The second-order valence-corrected chi connectivity index (χ2v) is 0.316. The van der Waals surface area contributed by atoms with Crippen LogP contribution >= 0.6 is 13.0 Å². The van der Waals surface area contributed by atoms with Crippen molar-refractivity contribution in [2.45, 2.75) is 6.92 Å². The van der Waals surface area contributed by atoms with Gasteiger partial charge in [-0.1, -0.05) is 0 Å². The van der Waals surface area contributed by atoms with Gasteiger partial charge in [-0.2, -0.15) is 0 Å². The van der Waals surface area contributed by atoms with Crippen molar-refractivity contribution < 1.29 is 24.0 Å². The number of hydrogen-bond donors (Lipinski definition) is 1. The van der Waals surface area contributed by atoms with Gasteiger partial charge in [0.25, 0.3) is 0 Å². The van der Waals surface area contributed by atoms with Gasteiger partial charge in [-0.25, -0.2) is 0 Å². The van der Waals surface area contributed by atoms with Crippen LogP contribution in [0.4, 0.5) is 0 Å². The molecular weight excluding hydrogens is 317 g/mol. The summed E-state index contributed by atoms with van der Waals surface area (Å²) in [6, 6.07) is 0. The van der Waals surface area contributed by atoms with Crippen LogP contribution in [-0.4, -0.2) is 11.7 Å². The summed E-state index contributed by atoms with van der Waals surface area (Å²) in [5, 5.41) is 7.57. The predicted molar refractivity (Wildman–Crippen MR) is 21.7 cm³/mol. The Morgan fingerprint density at radius 3 is 1.80 bits per heavy atom. The first-order chi connectivity index (χ1) is 2.41. The number of aliphatic hydroxyl groups excluding tert-OH is 1. The van der Waals surface area contributed by atoms with E-state index < -0.39 is 0 Å². The molecule has 0 bridgehead atoms. The normalized spacial score (nSPS) is 5.00. The Balaban J connectivity index is 0. The van der Waals surface area contributed by atoms with Crippen LogP contribution in [0, 0.1) is 0 Å². The Morgan fingerprint density at radius 1 is 1.80 bits per heavy atom. The van der Waals surface area contributed by atoms with E-state index >= 15 is 0 Å². The van der Waals surface area contributed by atoms with Gasteiger partial charge in [0.2, 0.25) is 0 Å². The number of halogens is 1. The van der Waals surface area contributed by atoms with E-state index in [-0.39, 0.29) is 6.61 Å². The minimum atomic E-state index is 0.250. The fraction of sp³-hybridized carbons (Fsp3) is 1.00. The third-order valence-corrected chi connectivity index (χ3v) is 0. The third-order valence-electron chi connectivity index (χ3n) is 0. The molecule has 0 aromatic rings. The molecule has 0 atom stereocenters. The van der Waals surface area contributed by atoms with E-state index in [1.165, 1.54) is 0 Å². The van der Waals surface area contributed by atoms with Crippen LogP contribution in [-0.2, 0) is 18.9 Å². The van der Waals surface area contributed by atoms with Gasteiger partial charge in [-0.05, 0) is 6.92 Å². The van der Waals surface area contributed by atoms with Gasteiger partial charge in [-0.3, -0.25) is 0 Å². The van der Waals surface area contributed by atoms with Crippen molar-refractivity contribution in [2.75, 3.05) is 6.61 Å². The Kier molecular flexibility index (Phi) is 36.1. The molecule has 5 heavy (non-hydrogen) atoms. The summed E-state index contributed by atoms with van der Waals surface area (Å²) >= 11 is 4.97. The van der Waals surface area contributed by atoms with Crippen LogP contribution < -0.4 is 0 Å². The van der Waals surface area contributed by atoms with Gasteiger partial charge in [0, 0.05) is 6.61 Å². The van der Waals surface area contributed by atoms with Crippen LogP contribution in [0.3, 0.4) is 0 Å². The zero-order valence-electron chi connectivity index (χ0n) is 2.83. The van der Waals surface area contributed by atoms with Gasteiger partial charge >= 0.3 is 32.0 Å². The van der Waals surface area contributed by atoms with Crippen LogP contribution in [0.25, 0.3) is 0 Å². The standard InChI is InChI=1S/C2H6O.Au.BrH/c1-2-3;;/h3H,2H2,1H3;;1H/q;+1;/p-1. The van der Waals surface area contributed by atoms with E-state index in [2.05, 4.69) is 32.0 Å². The molecule has 1 N–H and O–H groups in total. The summed E-state index contributed by atoms with van der Waals surface area (Å²) in [5.41, 5.74) is 0. The van der Waals surface area contributed by atoms with Crippen LogP contribution in [0.15, 0.2) is 0 Å². The number of rotatable bonds is 0. The van der Waals surface area contributed by atoms with E-state index in [1.54, 1.807) is 6.92 Å². The molecule has 0 radical (unpaired) electrons. The van der Waals surface area contributed by atoms with Crippen molar-refractivity contribution in [3.05, 3.63) is 0 Å². The third kappa shape index (κ3) is 37.6. The number of aliphatic hydroxyl groups is 1. The van der Waals surface area contributed by atoms with E-state index in [0.29, 0.717) is 0 Å². The summed E-state index contributed by atoms with van der Waals surface area (Å²) in [4.78, 5) is 0. The molecule has 0 heterocycles. The maximum absolute atomic E-state index is 7.57. The summed E-state index contributed by atoms with van der Waals surface area (Å²) in [5.74, 6) is 0. The molecular formula is C2H6AuBrO. The van der Waals surface area contributed by atoms with E-state index in [1.807, 2.05) is 0 Å². The van der Waals surface area contributed by atoms with Crippen LogP contribution in [0.2, 0.25) is 0 Å². The van der Waals surface area contributed by atoms with Crippen molar-refractivity contribution in [3.8, 4) is 0 Å². The summed E-state index contributed by atoms with van der Waals surface area (Å²) in [7, 11) is 0. The van der Waals surface area contributed by atoms with Crippen molar-refractivity contribution in [1.82, 2.24) is 0 Å². The van der Waals surface area contributed by atoms with E-state index in [9.17, 15) is 0 Å². The molecule has 0 aromatic carbocycles. The average molecular weight is 323 g/mol. The topological polar surface area (TPSA) is 20.2 Å². The first-order valence-corrected chi connectivity index (χ1v) is 5.87. The van der Waals surface area contributed by atoms with Gasteiger partial charge in [0.05, 0.1) is 0 Å². The summed E-state index contributed by atoms with van der Waals surface area (Å²) in [6.07, 6.45) is 0. The van der Waals surface area contributed by atoms with Crippen molar-refractivity contribution in [1.29, 1.82) is 0 Å². The fourth-order valence-electron chi connectivity index (χ4n) is 0. The van der Waals surface area contributed by atoms with Crippen molar-refractivity contribution in [2.24, 2.45) is 0 Å². The average Bonchev–Trinajstić information content (AvgIpc) is 1.46. The van der Waals surface area contributed by atoms with E-state index in [4.69, 9.17) is 5.11 Å². The Morgan fingerprint density at radius 2 is 1.80 bits per heavy atom. The summed E-state index contributed by atoms with van der Waals surface area (Å²) in [6.45, 7) is 1.93. The molecule has 0 rings (SSSR count). The molecule has 0 aliphatic carbocycles. The second-order valence-electron chi connectivity index (χ2n) is 0.316. The maximum atomic E-state index is 7.57.